The van der Waals surface area contributed by atoms with Crippen molar-refractivity contribution in [3.05, 3.63) is 0 Å². The lowest BCUT2D eigenvalue weighted by Crippen LogP contribution is -2.31. The molecule has 0 spiro atoms. The van der Waals surface area contributed by atoms with E-state index in [4.69, 9.17) is 9.16 Å². The Kier molecular flexibility index (Phi) is 8.26. The molecule has 0 heterocycles. The van der Waals surface area contributed by atoms with Crippen molar-refractivity contribution >= 4 is 20.8 Å². The normalized spacial score (nSPS) is 16.7. The van der Waals surface area contributed by atoms with E-state index in [0.29, 0.717) is 11.5 Å². The van der Waals surface area contributed by atoms with Gasteiger partial charge in [-0.1, -0.05) is 41.5 Å². The van der Waals surface area contributed by atoms with E-state index in [1.807, 2.05) is 0 Å². The number of ether oxygens (including phenoxy) is 1. The van der Waals surface area contributed by atoms with Crippen molar-refractivity contribution in [2.75, 3.05) is 5.94 Å². The van der Waals surface area contributed by atoms with Crippen LogP contribution in [0, 0.1) is 10.8 Å². The maximum atomic E-state index is 6.12. The summed E-state index contributed by atoms with van der Waals surface area (Å²) in [6, 6.07) is 0. The van der Waals surface area contributed by atoms with Gasteiger partial charge in [0, 0.05) is 0 Å². The van der Waals surface area contributed by atoms with Gasteiger partial charge in [-0.2, -0.15) is 0 Å². The number of thioether (sulfide) groups is 1. The van der Waals surface area contributed by atoms with Gasteiger partial charge in [-0.3, -0.25) is 0 Å². The molecule has 0 saturated carbocycles. The molecule has 19 heavy (non-hydrogen) atoms. The van der Waals surface area contributed by atoms with Crippen LogP contribution in [0.25, 0.3) is 0 Å². The Morgan fingerprint density at radius 2 is 1.58 bits per heavy atom. The molecule has 2 nitrogen and oxygen atoms in total. The predicted molar refractivity (Wildman–Crippen MR) is 90.3 cm³/mol. The Morgan fingerprint density at radius 1 is 1.05 bits per heavy atom. The quantitative estimate of drug-likeness (QED) is 0.493. The standard InChI is InChI=1S/C15H34O2SSi/c1-12(10-14(2,3)4)16-11-18-13(15(5,6)7)17-19(8)9/h12-13,19H,10-11H2,1-9H3. The van der Waals surface area contributed by atoms with Crippen molar-refractivity contribution in [3.63, 3.8) is 0 Å². The average Bonchev–Trinajstić information content (AvgIpc) is 2.10. The molecule has 2 atom stereocenters. The molecule has 0 fully saturated rings. The second-order valence-electron chi connectivity index (χ2n) is 7.91. The third-order valence-electron chi connectivity index (χ3n) is 2.57. The lowest BCUT2D eigenvalue weighted by Gasteiger charge is -2.32. The summed E-state index contributed by atoms with van der Waals surface area (Å²) < 4.78 is 12.0. The van der Waals surface area contributed by atoms with Crippen LogP contribution in [0.1, 0.15) is 54.9 Å². The lowest BCUT2D eigenvalue weighted by atomic mass is 9.90. The minimum absolute atomic E-state index is 0.165. The van der Waals surface area contributed by atoms with Crippen molar-refractivity contribution < 1.29 is 9.16 Å². The van der Waals surface area contributed by atoms with Gasteiger partial charge in [-0.05, 0) is 37.3 Å². The third-order valence-corrected chi connectivity index (χ3v) is 4.98. The Hall–Kier alpha value is 0.487. The maximum absolute atomic E-state index is 6.12. The van der Waals surface area contributed by atoms with E-state index in [0.717, 1.165) is 12.4 Å². The summed E-state index contributed by atoms with van der Waals surface area (Å²) in [4.78, 5) is 0. The van der Waals surface area contributed by atoms with E-state index >= 15 is 0 Å². The molecule has 0 radical (unpaired) electrons. The van der Waals surface area contributed by atoms with Gasteiger partial charge in [0.15, 0.2) is 9.04 Å². The van der Waals surface area contributed by atoms with Crippen molar-refractivity contribution in [1.82, 2.24) is 0 Å². The molecule has 4 heteroatoms. The van der Waals surface area contributed by atoms with Gasteiger partial charge in [-0.25, -0.2) is 0 Å². The molecule has 0 saturated heterocycles. The van der Waals surface area contributed by atoms with Gasteiger partial charge < -0.3 is 9.16 Å². The van der Waals surface area contributed by atoms with Gasteiger partial charge in [0.25, 0.3) is 0 Å². The van der Waals surface area contributed by atoms with E-state index < -0.39 is 9.04 Å². The highest BCUT2D eigenvalue weighted by atomic mass is 32.2. The Balaban J connectivity index is 4.13. The number of hydrogen-bond acceptors (Lipinski definition) is 3. The van der Waals surface area contributed by atoms with Crippen LogP contribution in [0.2, 0.25) is 13.1 Å². The van der Waals surface area contributed by atoms with E-state index in [9.17, 15) is 0 Å². The molecule has 0 bridgehead atoms. The van der Waals surface area contributed by atoms with Gasteiger partial charge in [0.05, 0.1) is 17.5 Å². The molecule has 0 aliphatic heterocycles. The number of hydrogen-bond donors (Lipinski definition) is 0. The summed E-state index contributed by atoms with van der Waals surface area (Å²) in [5.74, 6) is 0.723. The summed E-state index contributed by atoms with van der Waals surface area (Å²) >= 11 is 1.80. The summed E-state index contributed by atoms with van der Waals surface area (Å²) in [7, 11) is -1.01. The molecule has 116 valence electrons. The Morgan fingerprint density at radius 3 is 1.95 bits per heavy atom. The first kappa shape index (κ1) is 19.5. The Bertz CT molecular complexity index is 244. The molecule has 0 rings (SSSR count). The fourth-order valence-electron chi connectivity index (χ4n) is 1.88. The molecule has 0 amide bonds. The van der Waals surface area contributed by atoms with Crippen LogP contribution in [0.15, 0.2) is 0 Å². The van der Waals surface area contributed by atoms with Crippen molar-refractivity contribution in [2.45, 2.75) is 79.5 Å². The lowest BCUT2D eigenvalue weighted by molar-refractivity contribution is 0.0675. The van der Waals surface area contributed by atoms with Crippen LogP contribution in [0.4, 0.5) is 0 Å². The van der Waals surface area contributed by atoms with Gasteiger partial charge in [-0.15, -0.1) is 11.8 Å². The first-order valence-electron chi connectivity index (χ1n) is 7.30. The summed E-state index contributed by atoms with van der Waals surface area (Å²) in [6.45, 7) is 20.1. The van der Waals surface area contributed by atoms with E-state index in [2.05, 4.69) is 61.6 Å². The second kappa shape index (κ2) is 8.06. The van der Waals surface area contributed by atoms with Gasteiger partial charge in [0.1, 0.15) is 0 Å². The largest absolute Gasteiger partial charge is 0.408 e. The first-order valence-corrected chi connectivity index (χ1v) is 11.1. The van der Waals surface area contributed by atoms with Crippen LogP contribution < -0.4 is 0 Å². The predicted octanol–water partition coefficient (Wildman–Crippen LogP) is 4.89. The van der Waals surface area contributed by atoms with Crippen LogP contribution in [0.3, 0.4) is 0 Å². The van der Waals surface area contributed by atoms with Crippen LogP contribution in [0.5, 0.6) is 0 Å². The van der Waals surface area contributed by atoms with E-state index in [1.54, 1.807) is 11.8 Å². The fourth-order valence-corrected chi connectivity index (χ4v) is 4.70. The molecule has 0 aromatic heterocycles. The summed E-state index contributed by atoms with van der Waals surface area (Å²) in [6.07, 6.45) is 1.40. The monoisotopic (exact) mass is 306 g/mol. The molecular formula is C15H34O2SSi. The third kappa shape index (κ3) is 10.9. The topological polar surface area (TPSA) is 18.5 Å². The van der Waals surface area contributed by atoms with Gasteiger partial charge >= 0.3 is 0 Å². The van der Waals surface area contributed by atoms with Crippen LogP contribution >= 0.6 is 11.8 Å². The van der Waals surface area contributed by atoms with E-state index in [1.165, 1.54) is 0 Å². The van der Waals surface area contributed by atoms with E-state index in [-0.39, 0.29) is 10.9 Å². The molecule has 0 aliphatic carbocycles. The molecule has 0 aliphatic rings. The minimum atomic E-state index is -1.01. The van der Waals surface area contributed by atoms with Crippen LogP contribution in [-0.2, 0) is 9.16 Å². The molecular weight excluding hydrogens is 272 g/mol. The van der Waals surface area contributed by atoms with Crippen LogP contribution in [-0.4, -0.2) is 26.5 Å². The highest BCUT2D eigenvalue weighted by molar-refractivity contribution is 7.99. The van der Waals surface area contributed by atoms with Crippen molar-refractivity contribution in [2.24, 2.45) is 10.8 Å². The highest BCUT2D eigenvalue weighted by Crippen LogP contribution is 2.32. The molecule has 2 unspecified atom stereocenters. The zero-order chi connectivity index (χ0) is 15.3. The fraction of sp³-hybridized carbons (Fsp3) is 1.00. The SMILES string of the molecule is CC(CC(C)(C)C)OCSC(O[SiH](C)C)C(C)(C)C. The minimum Gasteiger partial charge on any atom is -0.408 e. The summed E-state index contributed by atoms with van der Waals surface area (Å²) in [5, 5.41) is 0. The van der Waals surface area contributed by atoms with Gasteiger partial charge in [0.2, 0.25) is 0 Å². The smallest absolute Gasteiger partial charge is 0.172 e. The van der Waals surface area contributed by atoms with Crippen molar-refractivity contribution in [1.29, 1.82) is 0 Å². The molecule has 0 N–H and O–H groups in total. The molecule has 0 aromatic carbocycles. The van der Waals surface area contributed by atoms with Crippen molar-refractivity contribution in [3.8, 4) is 0 Å². The first-order chi connectivity index (χ1) is 8.42. The number of rotatable bonds is 7. The summed E-state index contributed by atoms with van der Waals surface area (Å²) in [5.41, 5.74) is 0.731. The molecule has 0 aromatic rings. The zero-order valence-corrected chi connectivity index (χ0v) is 16.3. The maximum Gasteiger partial charge on any atom is 0.172 e. The average molecular weight is 307 g/mol. The highest BCUT2D eigenvalue weighted by Gasteiger charge is 2.27. The zero-order valence-electron chi connectivity index (χ0n) is 14.4. The Labute approximate surface area is 126 Å². The second-order valence-corrected chi connectivity index (χ2v) is 11.3.